The zero-order chi connectivity index (χ0) is 18.7. The van der Waals surface area contributed by atoms with Crippen LogP contribution in [0.25, 0.3) is 0 Å². The van der Waals surface area contributed by atoms with Crippen LogP contribution in [0.3, 0.4) is 0 Å². The highest BCUT2D eigenvalue weighted by atomic mass is 35.5. The second-order valence-electron chi connectivity index (χ2n) is 5.99. The number of halogens is 2. The average Bonchev–Trinajstić information content (AvgIpc) is 3.17. The number of anilines is 1. The van der Waals surface area contributed by atoms with E-state index in [1.165, 1.54) is 16.6 Å². The normalized spacial score (nSPS) is 14.6. The third kappa shape index (κ3) is 4.70. The number of nitrogen functional groups attached to an aromatic ring is 1. The van der Waals surface area contributed by atoms with Crippen LogP contribution >= 0.6 is 24.0 Å². The Balaban J connectivity index is 0.00000261. The van der Waals surface area contributed by atoms with E-state index in [0.29, 0.717) is 23.7 Å². The number of carbonyl (C=O) groups excluding carboxylic acids is 1. The van der Waals surface area contributed by atoms with Gasteiger partial charge in [0.1, 0.15) is 5.82 Å². The van der Waals surface area contributed by atoms with Crippen LogP contribution in [-0.4, -0.2) is 36.7 Å². The van der Waals surface area contributed by atoms with Crippen molar-refractivity contribution in [3.05, 3.63) is 52.7 Å². The van der Waals surface area contributed by atoms with Crippen LogP contribution in [0.1, 0.15) is 28.8 Å². The zero-order valence-electron chi connectivity index (χ0n) is 14.4. The predicted octanol–water partition coefficient (Wildman–Crippen LogP) is 2.45. The molecule has 0 atom stereocenters. The van der Waals surface area contributed by atoms with Crippen molar-refractivity contribution in [3.8, 4) is 0 Å². The van der Waals surface area contributed by atoms with Crippen LogP contribution in [0, 0.1) is 0 Å². The molecule has 3 rings (SSSR count). The second-order valence-corrected chi connectivity index (χ2v) is 8.33. The molecule has 0 spiro atoms. The third-order valence-electron chi connectivity index (χ3n) is 4.22. The molecule has 7 nitrogen and oxygen atoms in total. The number of pyridine rings is 1. The summed E-state index contributed by atoms with van der Waals surface area (Å²) in [4.78, 5) is 16.4. The molecule has 1 aromatic heterocycles. The number of hydrogen-bond acceptors (Lipinski definition) is 5. The van der Waals surface area contributed by atoms with Gasteiger partial charge in [-0.2, -0.15) is 4.31 Å². The van der Waals surface area contributed by atoms with Crippen LogP contribution in [0.5, 0.6) is 0 Å². The van der Waals surface area contributed by atoms with Gasteiger partial charge in [0.25, 0.3) is 5.91 Å². The molecule has 0 radical (unpaired) electrons. The van der Waals surface area contributed by atoms with Gasteiger partial charge in [0.05, 0.1) is 15.5 Å². The van der Waals surface area contributed by atoms with Crippen LogP contribution in [0.4, 0.5) is 5.82 Å². The summed E-state index contributed by atoms with van der Waals surface area (Å²) in [5, 5.41) is 2.98. The molecule has 0 saturated carbocycles. The van der Waals surface area contributed by atoms with Gasteiger partial charge in [0, 0.05) is 25.8 Å². The smallest absolute Gasteiger partial charge is 0.255 e. The zero-order valence-corrected chi connectivity index (χ0v) is 16.8. The minimum absolute atomic E-state index is 0. The number of carbonyl (C=O) groups is 1. The summed E-state index contributed by atoms with van der Waals surface area (Å²) >= 11 is 5.85. The maximum atomic E-state index is 12.8. The van der Waals surface area contributed by atoms with Crippen molar-refractivity contribution in [1.82, 2.24) is 14.6 Å². The molecule has 1 amide bonds. The Hall–Kier alpha value is -1.87. The molecule has 10 heteroatoms. The van der Waals surface area contributed by atoms with E-state index in [2.05, 4.69) is 10.3 Å². The molecule has 1 aliphatic heterocycles. The van der Waals surface area contributed by atoms with E-state index in [0.717, 1.165) is 12.8 Å². The minimum Gasteiger partial charge on any atom is -0.383 e. The first-order valence-corrected chi connectivity index (χ1v) is 9.98. The summed E-state index contributed by atoms with van der Waals surface area (Å²) in [7, 11) is -3.57. The van der Waals surface area contributed by atoms with Gasteiger partial charge >= 0.3 is 0 Å². The minimum atomic E-state index is -3.57. The topological polar surface area (TPSA) is 105 Å². The van der Waals surface area contributed by atoms with Crippen molar-refractivity contribution in [2.45, 2.75) is 24.3 Å². The highest BCUT2D eigenvalue weighted by Crippen LogP contribution is 2.24. The molecule has 0 aliphatic carbocycles. The van der Waals surface area contributed by atoms with Gasteiger partial charge in [-0.05, 0) is 30.5 Å². The fourth-order valence-corrected chi connectivity index (χ4v) is 4.77. The van der Waals surface area contributed by atoms with E-state index in [9.17, 15) is 13.2 Å². The average molecular weight is 431 g/mol. The van der Waals surface area contributed by atoms with E-state index in [1.807, 2.05) is 0 Å². The fraction of sp³-hybridized carbons (Fsp3) is 0.294. The second kappa shape index (κ2) is 8.88. The molecule has 3 N–H and O–H groups in total. The van der Waals surface area contributed by atoms with E-state index in [4.69, 9.17) is 17.3 Å². The van der Waals surface area contributed by atoms with Crippen molar-refractivity contribution in [1.29, 1.82) is 0 Å². The first-order chi connectivity index (χ1) is 12.4. The van der Waals surface area contributed by atoms with E-state index < -0.39 is 15.9 Å². The van der Waals surface area contributed by atoms with Crippen LogP contribution in [-0.2, 0) is 16.6 Å². The number of nitrogens with two attached hydrogens (primary N) is 1. The van der Waals surface area contributed by atoms with E-state index >= 15 is 0 Å². The Morgan fingerprint density at radius 3 is 2.63 bits per heavy atom. The molecule has 146 valence electrons. The summed E-state index contributed by atoms with van der Waals surface area (Å²) in [6, 6.07) is 8.08. The molecule has 0 bridgehead atoms. The molecular formula is C17H20Cl2N4O3S. The van der Waals surface area contributed by atoms with Crippen LogP contribution in [0.15, 0.2) is 41.4 Å². The number of amides is 1. The molecule has 1 fully saturated rings. The number of benzene rings is 1. The number of nitrogens with zero attached hydrogens (tertiary/aromatic N) is 2. The Labute approximate surface area is 169 Å². The van der Waals surface area contributed by atoms with Crippen molar-refractivity contribution in [3.63, 3.8) is 0 Å². The van der Waals surface area contributed by atoms with Crippen molar-refractivity contribution >= 4 is 45.8 Å². The summed E-state index contributed by atoms with van der Waals surface area (Å²) in [6.45, 7) is 1.09. The maximum Gasteiger partial charge on any atom is 0.255 e. The van der Waals surface area contributed by atoms with Crippen LogP contribution in [0.2, 0.25) is 5.02 Å². The number of rotatable bonds is 5. The molecule has 27 heavy (non-hydrogen) atoms. The Kier molecular flexibility index (Phi) is 7.05. The quantitative estimate of drug-likeness (QED) is 0.757. The molecule has 1 aromatic carbocycles. The lowest BCUT2D eigenvalue weighted by Crippen LogP contribution is -2.30. The monoisotopic (exact) mass is 430 g/mol. The van der Waals surface area contributed by atoms with Crippen molar-refractivity contribution < 1.29 is 13.2 Å². The first-order valence-electron chi connectivity index (χ1n) is 8.17. The lowest BCUT2D eigenvalue weighted by Gasteiger charge is -2.18. The standard InChI is InChI=1S/C17H19ClN4O3S.ClH/c18-13-9-14(16(19)20-11-13)17(23)21-10-12-5-1-2-6-15(12)26(24,25)22-7-3-4-8-22;/h1-2,5-6,9,11H,3-4,7-8,10H2,(H2,19,20)(H,21,23);1H. The van der Waals surface area contributed by atoms with Gasteiger partial charge in [0.15, 0.2) is 0 Å². The Bertz CT molecular complexity index is 932. The lowest BCUT2D eigenvalue weighted by atomic mass is 10.2. The van der Waals surface area contributed by atoms with Gasteiger partial charge in [-0.1, -0.05) is 29.8 Å². The Morgan fingerprint density at radius 1 is 1.26 bits per heavy atom. The largest absolute Gasteiger partial charge is 0.383 e. The number of aromatic nitrogens is 1. The molecule has 1 aliphatic rings. The number of hydrogen-bond donors (Lipinski definition) is 2. The molecular weight excluding hydrogens is 411 g/mol. The van der Waals surface area contributed by atoms with Crippen LogP contribution < -0.4 is 11.1 Å². The fourth-order valence-electron chi connectivity index (χ4n) is 2.87. The first kappa shape index (κ1) is 21.4. The predicted molar refractivity (Wildman–Crippen MR) is 107 cm³/mol. The maximum absolute atomic E-state index is 12.8. The molecule has 1 saturated heterocycles. The third-order valence-corrected chi connectivity index (χ3v) is 6.43. The summed E-state index contributed by atoms with van der Waals surface area (Å²) in [6.07, 6.45) is 3.07. The highest BCUT2D eigenvalue weighted by molar-refractivity contribution is 7.89. The van der Waals surface area contributed by atoms with E-state index in [-0.39, 0.29) is 35.2 Å². The molecule has 2 heterocycles. The van der Waals surface area contributed by atoms with Gasteiger partial charge in [-0.25, -0.2) is 13.4 Å². The summed E-state index contributed by atoms with van der Waals surface area (Å²) in [5.74, 6) is -0.407. The van der Waals surface area contributed by atoms with Gasteiger partial charge in [-0.15, -0.1) is 12.4 Å². The van der Waals surface area contributed by atoms with Crippen molar-refractivity contribution in [2.75, 3.05) is 18.8 Å². The molecule has 2 aromatic rings. The van der Waals surface area contributed by atoms with Gasteiger partial charge in [-0.3, -0.25) is 4.79 Å². The SMILES string of the molecule is Cl.Nc1ncc(Cl)cc1C(=O)NCc1ccccc1S(=O)(=O)N1CCCC1. The Morgan fingerprint density at radius 2 is 1.93 bits per heavy atom. The van der Waals surface area contributed by atoms with Gasteiger partial charge in [0.2, 0.25) is 10.0 Å². The molecule has 0 unspecified atom stereocenters. The highest BCUT2D eigenvalue weighted by Gasteiger charge is 2.29. The van der Waals surface area contributed by atoms with E-state index in [1.54, 1.807) is 24.3 Å². The van der Waals surface area contributed by atoms with Crippen molar-refractivity contribution in [2.24, 2.45) is 0 Å². The lowest BCUT2D eigenvalue weighted by molar-refractivity contribution is 0.0951. The number of sulfonamides is 1. The summed E-state index contributed by atoms with van der Waals surface area (Å²) in [5.41, 5.74) is 6.37. The van der Waals surface area contributed by atoms with Gasteiger partial charge < -0.3 is 11.1 Å². The number of nitrogens with one attached hydrogen (secondary N) is 1. The summed E-state index contributed by atoms with van der Waals surface area (Å²) < 4.78 is 27.1.